The third-order valence-electron chi connectivity index (χ3n) is 3.10. The number of phenols is 1. The maximum absolute atomic E-state index is 11.9. The summed E-state index contributed by atoms with van der Waals surface area (Å²) in [5.41, 5.74) is 2.66. The summed E-state index contributed by atoms with van der Waals surface area (Å²) in [5.74, 6) is -0.165. The fraction of sp³-hybridized carbons (Fsp3) is 0.125. The van der Waals surface area contributed by atoms with E-state index in [0.29, 0.717) is 11.3 Å². The Balaban J connectivity index is 1.92. The highest BCUT2D eigenvalue weighted by Gasteiger charge is 2.14. The molecule has 0 aliphatic heterocycles. The Bertz CT molecular complexity index is 808. The third kappa shape index (κ3) is 5.28. The van der Waals surface area contributed by atoms with Gasteiger partial charge >= 0.3 is 0 Å². The number of nitro benzene ring substituents is 1. The number of halogens is 1. The minimum absolute atomic E-state index is 0.0244. The number of rotatable bonds is 6. The number of nitro groups is 1. The number of nitrogens with one attached hydrogen (secondary N) is 1. The third-order valence-corrected chi connectivity index (χ3v) is 3.59. The van der Waals surface area contributed by atoms with E-state index in [1.165, 1.54) is 43.5 Å². The zero-order valence-electron chi connectivity index (χ0n) is 13.0. The van der Waals surface area contributed by atoms with E-state index in [4.69, 9.17) is 4.74 Å². The minimum Gasteiger partial charge on any atom is -0.507 e. The SMILES string of the molecule is CC(Oc1ccc([N+](=O)[O-])cc1)C(=O)NN=Cc1cc(Br)ccc1O. The molecule has 2 N–H and O–H groups in total. The predicted molar refractivity (Wildman–Crippen MR) is 94.7 cm³/mol. The van der Waals surface area contributed by atoms with Gasteiger partial charge < -0.3 is 9.84 Å². The molecule has 0 spiro atoms. The Morgan fingerprint density at radius 1 is 1.36 bits per heavy atom. The van der Waals surface area contributed by atoms with Gasteiger partial charge in [-0.1, -0.05) is 15.9 Å². The number of ether oxygens (including phenoxy) is 1. The van der Waals surface area contributed by atoms with Crippen molar-refractivity contribution in [1.29, 1.82) is 0 Å². The average Bonchev–Trinajstić information content (AvgIpc) is 2.58. The first kappa shape index (κ1) is 18.4. The molecule has 0 saturated carbocycles. The van der Waals surface area contributed by atoms with Crippen molar-refractivity contribution in [2.24, 2.45) is 5.10 Å². The summed E-state index contributed by atoms with van der Waals surface area (Å²) in [5, 5.41) is 24.0. The van der Waals surface area contributed by atoms with Crippen LogP contribution in [0.25, 0.3) is 0 Å². The van der Waals surface area contributed by atoms with E-state index < -0.39 is 16.9 Å². The normalized spacial score (nSPS) is 11.9. The molecule has 0 aliphatic carbocycles. The van der Waals surface area contributed by atoms with Crippen LogP contribution in [0.5, 0.6) is 11.5 Å². The number of phenolic OH excluding ortho intramolecular Hbond substituents is 1. The predicted octanol–water partition coefficient (Wildman–Crippen LogP) is 2.98. The zero-order valence-corrected chi connectivity index (χ0v) is 14.6. The lowest BCUT2D eigenvalue weighted by atomic mass is 10.2. The quantitative estimate of drug-likeness (QED) is 0.433. The lowest BCUT2D eigenvalue weighted by molar-refractivity contribution is -0.384. The van der Waals surface area contributed by atoms with Crippen molar-refractivity contribution in [1.82, 2.24) is 5.43 Å². The van der Waals surface area contributed by atoms with Crippen molar-refractivity contribution in [3.8, 4) is 11.5 Å². The van der Waals surface area contributed by atoms with Gasteiger partial charge in [-0.15, -0.1) is 0 Å². The fourth-order valence-corrected chi connectivity index (χ4v) is 2.17. The smallest absolute Gasteiger partial charge is 0.280 e. The van der Waals surface area contributed by atoms with Crippen molar-refractivity contribution >= 4 is 33.7 Å². The maximum atomic E-state index is 11.9. The number of carbonyl (C=O) groups excluding carboxylic acids is 1. The van der Waals surface area contributed by atoms with Gasteiger partial charge in [0.25, 0.3) is 11.6 Å². The number of benzene rings is 2. The second-order valence-corrected chi connectivity index (χ2v) is 5.86. The lowest BCUT2D eigenvalue weighted by Gasteiger charge is -2.12. The van der Waals surface area contributed by atoms with E-state index in [-0.39, 0.29) is 11.4 Å². The van der Waals surface area contributed by atoms with Crippen molar-refractivity contribution < 1.29 is 19.6 Å². The minimum atomic E-state index is -0.866. The van der Waals surface area contributed by atoms with Gasteiger partial charge in [-0.05, 0) is 37.3 Å². The molecular formula is C16H14BrN3O5. The van der Waals surface area contributed by atoms with Crippen LogP contribution in [0, 0.1) is 10.1 Å². The van der Waals surface area contributed by atoms with Gasteiger partial charge in [-0.2, -0.15) is 5.10 Å². The molecule has 130 valence electrons. The zero-order chi connectivity index (χ0) is 18.4. The van der Waals surface area contributed by atoms with E-state index in [0.717, 1.165) is 4.47 Å². The van der Waals surface area contributed by atoms with Crippen molar-refractivity contribution in [2.45, 2.75) is 13.0 Å². The second-order valence-electron chi connectivity index (χ2n) is 4.95. The highest BCUT2D eigenvalue weighted by atomic mass is 79.9. The van der Waals surface area contributed by atoms with Crippen LogP contribution >= 0.6 is 15.9 Å². The molecule has 25 heavy (non-hydrogen) atoms. The summed E-state index contributed by atoms with van der Waals surface area (Å²) >= 11 is 3.27. The number of amides is 1. The number of hydrogen-bond donors (Lipinski definition) is 2. The molecule has 0 saturated heterocycles. The highest BCUT2D eigenvalue weighted by molar-refractivity contribution is 9.10. The summed E-state index contributed by atoms with van der Waals surface area (Å²) in [6, 6.07) is 10.2. The molecule has 2 aromatic rings. The van der Waals surface area contributed by atoms with E-state index in [9.17, 15) is 20.0 Å². The molecule has 1 amide bonds. The van der Waals surface area contributed by atoms with E-state index in [1.807, 2.05) is 0 Å². The van der Waals surface area contributed by atoms with Crippen molar-refractivity contribution in [2.75, 3.05) is 0 Å². The van der Waals surface area contributed by atoms with E-state index >= 15 is 0 Å². The van der Waals surface area contributed by atoms with Crippen LogP contribution in [0.15, 0.2) is 52.0 Å². The van der Waals surface area contributed by atoms with Gasteiger partial charge in [0, 0.05) is 22.2 Å². The molecule has 0 aliphatic rings. The number of aromatic hydroxyl groups is 1. The molecule has 0 fully saturated rings. The Hall–Kier alpha value is -2.94. The van der Waals surface area contributed by atoms with E-state index in [2.05, 4.69) is 26.5 Å². The fourth-order valence-electron chi connectivity index (χ4n) is 1.79. The molecule has 2 rings (SSSR count). The Labute approximate surface area is 151 Å². The Morgan fingerprint density at radius 3 is 2.68 bits per heavy atom. The van der Waals surface area contributed by atoms with Crippen molar-refractivity contribution in [3.63, 3.8) is 0 Å². The van der Waals surface area contributed by atoms with Crippen molar-refractivity contribution in [3.05, 3.63) is 62.6 Å². The molecule has 1 unspecified atom stereocenters. The largest absolute Gasteiger partial charge is 0.507 e. The molecule has 9 heteroatoms. The number of hydrazone groups is 1. The van der Waals surface area contributed by atoms with Gasteiger partial charge in [0.15, 0.2) is 6.10 Å². The van der Waals surface area contributed by atoms with Crippen LogP contribution in [-0.2, 0) is 4.79 Å². The molecule has 2 aromatic carbocycles. The second kappa shape index (κ2) is 8.25. The molecular weight excluding hydrogens is 394 g/mol. The first-order valence-electron chi connectivity index (χ1n) is 7.09. The van der Waals surface area contributed by atoms with Crippen LogP contribution in [0.4, 0.5) is 5.69 Å². The number of carbonyl (C=O) groups is 1. The van der Waals surface area contributed by atoms with E-state index in [1.54, 1.807) is 12.1 Å². The number of hydrogen-bond acceptors (Lipinski definition) is 6. The molecule has 0 radical (unpaired) electrons. The molecule has 8 nitrogen and oxygen atoms in total. The molecule has 0 heterocycles. The van der Waals surface area contributed by atoms with Crippen LogP contribution < -0.4 is 10.2 Å². The van der Waals surface area contributed by atoms with Gasteiger partial charge in [-0.25, -0.2) is 5.43 Å². The Kier molecular flexibility index (Phi) is 6.07. The average molecular weight is 408 g/mol. The highest BCUT2D eigenvalue weighted by Crippen LogP contribution is 2.20. The van der Waals surface area contributed by atoms with Crippen LogP contribution in [0.3, 0.4) is 0 Å². The maximum Gasteiger partial charge on any atom is 0.280 e. The van der Waals surface area contributed by atoms with Gasteiger partial charge in [-0.3, -0.25) is 14.9 Å². The van der Waals surface area contributed by atoms with Crippen LogP contribution in [0.2, 0.25) is 0 Å². The summed E-state index contributed by atoms with van der Waals surface area (Å²) in [6.45, 7) is 1.52. The molecule has 0 aromatic heterocycles. The molecule has 0 bridgehead atoms. The monoisotopic (exact) mass is 407 g/mol. The van der Waals surface area contributed by atoms with Gasteiger partial charge in [0.1, 0.15) is 11.5 Å². The molecule has 1 atom stereocenters. The number of nitrogens with zero attached hydrogens (tertiary/aromatic N) is 2. The topological polar surface area (TPSA) is 114 Å². The summed E-state index contributed by atoms with van der Waals surface area (Å²) < 4.78 is 6.15. The Morgan fingerprint density at radius 2 is 2.04 bits per heavy atom. The lowest BCUT2D eigenvalue weighted by Crippen LogP contribution is -2.33. The first-order chi connectivity index (χ1) is 11.9. The van der Waals surface area contributed by atoms with Gasteiger partial charge in [0.05, 0.1) is 11.1 Å². The van der Waals surface area contributed by atoms with Crippen LogP contribution in [0.1, 0.15) is 12.5 Å². The summed E-state index contributed by atoms with van der Waals surface area (Å²) in [6.07, 6.45) is 0.436. The summed E-state index contributed by atoms with van der Waals surface area (Å²) in [4.78, 5) is 22.0. The summed E-state index contributed by atoms with van der Waals surface area (Å²) in [7, 11) is 0. The standard InChI is InChI=1S/C16H14BrN3O5/c1-10(25-14-5-3-13(4-6-14)20(23)24)16(22)19-18-9-11-8-12(17)2-7-15(11)21/h2-10,21H,1H3,(H,19,22). The number of non-ortho nitro benzene ring substituents is 1. The first-order valence-corrected chi connectivity index (χ1v) is 7.88. The van der Waals surface area contributed by atoms with Gasteiger partial charge in [0.2, 0.25) is 0 Å². The van der Waals surface area contributed by atoms with Crippen LogP contribution in [-0.4, -0.2) is 28.3 Å².